The largest absolute Gasteiger partial charge is 0.491 e. The van der Waals surface area contributed by atoms with Crippen LogP contribution in [-0.4, -0.2) is 91.1 Å². The van der Waals surface area contributed by atoms with Crippen molar-refractivity contribution in [3.05, 3.63) is 137 Å². The first-order valence-electron chi connectivity index (χ1n) is 20.3. The molecule has 0 radical (unpaired) electrons. The number of fused-ring (bicyclic) bond motifs is 1. The van der Waals surface area contributed by atoms with Gasteiger partial charge in [0.15, 0.2) is 5.82 Å². The van der Waals surface area contributed by atoms with Crippen LogP contribution in [0.4, 0.5) is 4.39 Å². The minimum atomic E-state index is -4.22. The van der Waals surface area contributed by atoms with Crippen molar-refractivity contribution in [2.75, 3.05) is 39.3 Å². The van der Waals surface area contributed by atoms with E-state index in [0.717, 1.165) is 43.2 Å². The molecule has 7 aromatic rings. The van der Waals surface area contributed by atoms with Crippen molar-refractivity contribution < 1.29 is 42.9 Å². The highest BCUT2D eigenvalue weighted by Gasteiger charge is 2.28. The van der Waals surface area contributed by atoms with Gasteiger partial charge in [-0.3, -0.25) is 9.46 Å². The van der Waals surface area contributed by atoms with Crippen LogP contribution in [-0.2, 0) is 28.5 Å². The van der Waals surface area contributed by atoms with Crippen LogP contribution in [0.5, 0.6) is 17.4 Å². The number of aliphatic carboxylic acids is 1. The maximum atomic E-state index is 14.2. The molecule has 0 unspecified atom stereocenters. The summed E-state index contributed by atoms with van der Waals surface area (Å²) in [6.07, 6.45) is 1.02. The van der Waals surface area contributed by atoms with E-state index in [1.54, 1.807) is 72.9 Å². The number of piperazine rings is 1. The topological polar surface area (TPSA) is 189 Å². The van der Waals surface area contributed by atoms with E-state index >= 15 is 0 Å². The zero-order valence-corrected chi connectivity index (χ0v) is 37.0. The summed E-state index contributed by atoms with van der Waals surface area (Å²) in [6.45, 7) is 6.89. The van der Waals surface area contributed by atoms with Gasteiger partial charge < -0.3 is 34.4 Å². The molecule has 0 amide bonds. The molecule has 330 valence electrons. The van der Waals surface area contributed by atoms with Crippen LogP contribution in [0.1, 0.15) is 22.4 Å². The lowest BCUT2D eigenvalue weighted by atomic mass is 9.96. The number of carboxylic acid groups (broad SMARTS) is 1. The summed E-state index contributed by atoms with van der Waals surface area (Å²) < 4.78 is 44.4. The minimum Gasteiger partial charge on any atom is -0.491 e. The van der Waals surface area contributed by atoms with Gasteiger partial charge in [-0.25, -0.2) is 29.1 Å². The Kier molecular flexibility index (Phi) is 13.9. The molecule has 0 spiro atoms. The number of halogens is 2. The monoisotopic (exact) mass is 924 g/mol. The molecule has 0 bridgehead atoms. The van der Waals surface area contributed by atoms with Gasteiger partial charge in [0.2, 0.25) is 12.0 Å². The first-order valence-corrected chi connectivity index (χ1v) is 23.3. The maximum absolute atomic E-state index is 14.2. The normalized spacial score (nSPS) is 13.8. The lowest BCUT2D eigenvalue weighted by Crippen LogP contribution is -2.44. The molecule has 3 aromatic heterocycles. The van der Waals surface area contributed by atoms with Gasteiger partial charge >= 0.3 is 13.6 Å². The van der Waals surface area contributed by atoms with Gasteiger partial charge in [0.05, 0.1) is 22.3 Å². The smallest absolute Gasteiger partial charge is 0.345 e. The molecule has 14 nitrogen and oxygen atoms in total. The van der Waals surface area contributed by atoms with E-state index in [4.69, 9.17) is 25.8 Å². The fraction of sp³-hybridized carbons (Fsp3) is 0.239. The summed E-state index contributed by atoms with van der Waals surface area (Å²) in [5.41, 5.74) is 5.04. The summed E-state index contributed by atoms with van der Waals surface area (Å²) >= 11 is 8.37. The average molecular weight is 925 g/mol. The highest BCUT2D eigenvalue weighted by Crippen LogP contribution is 2.49. The molecule has 8 rings (SSSR count). The van der Waals surface area contributed by atoms with Gasteiger partial charge in [0.25, 0.3) is 0 Å². The van der Waals surface area contributed by atoms with Gasteiger partial charge in [-0.1, -0.05) is 72.3 Å². The van der Waals surface area contributed by atoms with Crippen LogP contribution < -0.4 is 19.5 Å². The highest BCUT2D eigenvalue weighted by molar-refractivity contribution is 7.50. The summed E-state index contributed by atoms with van der Waals surface area (Å²) in [5, 5.41) is 14.9. The third-order valence-electron chi connectivity index (χ3n) is 10.7. The molecule has 0 saturated carbocycles. The van der Waals surface area contributed by atoms with E-state index < -0.39 is 25.5 Å². The number of rotatable bonds is 17. The molecule has 1 atom stereocenters. The SMILES string of the molecule is Cc1c(-c2c(-c3ccc(F)cc3)sc3ncnc(O[C@H](Cc4ccccc4OCc4ccnc(-c5ccc(CP(=O)(O)O)cc5)n4)C(=O)O)c23)ccc(OCCN2CCNCC2)c1Cl. The molecule has 4 aromatic carbocycles. The van der Waals surface area contributed by atoms with Crippen LogP contribution in [0, 0.1) is 12.7 Å². The Morgan fingerprint density at radius 2 is 1.69 bits per heavy atom. The summed E-state index contributed by atoms with van der Waals surface area (Å²) in [6, 6.07) is 25.2. The van der Waals surface area contributed by atoms with Crippen LogP contribution in [0.25, 0.3) is 43.2 Å². The van der Waals surface area contributed by atoms with Crippen molar-refractivity contribution in [2.24, 2.45) is 0 Å². The molecule has 1 aliphatic rings. The molecule has 4 heterocycles. The van der Waals surface area contributed by atoms with Gasteiger partial charge in [-0.05, 0) is 65.1 Å². The number of thiophene rings is 1. The van der Waals surface area contributed by atoms with Crippen LogP contribution in [0.2, 0.25) is 5.02 Å². The number of hydrogen-bond acceptors (Lipinski definition) is 12. The Hall–Kier alpha value is -5.84. The molecule has 1 saturated heterocycles. The fourth-order valence-corrected chi connectivity index (χ4v) is 9.47. The number of nitrogens with one attached hydrogen (secondary N) is 1. The van der Waals surface area contributed by atoms with Crippen molar-refractivity contribution in [2.45, 2.75) is 32.2 Å². The quantitative estimate of drug-likeness (QED) is 0.0640. The Morgan fingerprint density at radius 3 is 2.44 bits per heavy atom. The second kappa shape index (κ2) is 19.9. The van der Waals surface area contributed by atoms with E-state index in [1.807, 2.05) is 19.1 Å². The van der Waals surface area contributed by atoms with Crippen LogP contribution in [0.15, 0.2) is 104 Å². The van der Waals surface area contributed by atoms with Crippen molar-refractivity contribution in [1.29, 1.82) is 0 Å². The number of hydrogen-bond donors (Lipinski definition) is 4. The van der Waals surface area contributed by atoms with Crippen LogP contribution >= 0.6 is 30.5 Å². The molecule has 1 fully saturated rings. The molecular weight excluding hydrogens is 882 g/mol. The van der Waals surface area contributed by atoms with Crippen molar-refractivity contribution in [3.8, 4) is 50.3 Å². The minimum absolute atomic E-state index is 0.0281. The number of aromatic nitrogens is 4. The molecule has 1 aliphatic heterocycles. The Bertz CT molecular complexity index is 2820. The van der Waals surface area contributed by atoms with Gasteiger partial charge in [0.1, 0.15) is 41.7 Å². The zero-order chi connectivity index (χ0) is 44.8. The Labute approximate surface area is 376 Å². The first-order chi connectivity index (χ1) is 30.9. The van der Waals surface area contributed by atoms with Gasteiger partial charge in [-0.15, -0.1) is 11.3 Å². The summed E-state index contributed by atoms with van der Waals surface area (Å²) in [5.74, 6) is -0.226. The van der Waals surface area contributed by atoms with Crippen LogP contribution in [0.3, 0.4) is 0 Å². The standard InChI is InChI=1S/C46H43ClFN6O8PS/c1-28-35(14-15-37(41(28)47)60-23-22-54-20-18-49-19-21-54)39-40-44(51-27-52-45(40)64-42(39)30-10-12-33(48)13-11-30)62-38(46(55)56)24-32-4-2-3-5-36(32)61-25-34-16-17-50-43(53-34)31-8-6-29(7-9-31)26-63(57,58)59/h2-17,27,38,49H,18-26H2,1H3,(H,55,56)(H2,57,58,59)/t38-/m1/s1. The van der Waals surface area contributed by atoms with Crippen molar-refractivity contribution in [1.82, 2.24) is 30.2 Å². The molecule has 0 aliphatic carbocycles. The predicted octanol–water partition coefficient (Wildman–Crippen LogP) is 8.20. The average Bonchev–Trinajstić information content (AvgIpc) is 3.68. The first kappa shape index (κ1) is 44.8. The Balaban J connectivity index is 1.06. The summed E-state index contributed by atoms with van der Waals surface area (Å²) in [4.78, 5) is 53.3. The molecule has 4 N–H and O–H groups in total. The second-order valence-corrected chi connectivity index (χ2v) is 18.1. The molecule has 18 heteroatoms. The number of ether oxygens (including phenoxy) is 3. The molecular formula is C46H43ClFN6O8PS. The predicted molar refractivity (Wildman–Crippen MR) is 243 cm³/mol. The lowest BCUT2D eigenvalue weighted by Gasteiger charge is -2.27. The lowest BCUT2D eigenvalue weighted by molar-refractivity contribution is -0.145. The van der Waals surface area contributed by atoms with E-state index in [0.29, 0.717) is 78.2 Å². The highest BCUT2D eigenvalue weighted by atomic mass is 35.5. The maximum Gasteiger partial charge on any atom is 0.345 e. The van der Waals surface area contributed by atoms with E-state index in [2.05, 4.69) is 30.2 Å². The number of carboxylic acids is 1. The zero-order valence-electron chi connectivity index (χ0n) is 34.5. The second-order valence-electron chi connectivity index (χ2n) is 15.1. The van der Waals surface area contributed by atoms with E-state index in [1.165, 1.54) is 29.8 Å². The third kappa shape index (κ3) is 10.7. The van der Waals surface area contributed by atoms with Gasteiger partial charge in [-0.2, -0.15) is 0 Å². The van der Waals surface area contributed by atoms with Gasteiger partial charge in [0, 0.05) is 61.3 Å². The number of carbonyl (C=O) groups is 1. The summed E-state index contributed by atoms with van der Waals surface area (Å²) in [7, 11) is -4.22. The number of nitrogens with zero attached hydrogens (tertiary/aromatic N) is 5. The molecule has 64 heavy (non-hydrogen) atoms. The fourth-order valence-electron chi connectivity index (χ4n) is 7.41. The van der Waals surface area contributed by atoms with Crippen molar-refractivity contribution >= 4 is 46.7 Å². The van der Waals surface area contributed by atoms with E-state index in [9.17, 15) is 28.6 Å². The van der Waals surface area contributed by atoms with E-state index in [-0.39, 0.29) is 25.1 Å². The number of para-hydroxylation sites is 1. The Morgan fingerprint density at radius 1 is 0.938 bits per heavy atom. The van der Waals surface area contributed by atoms with Crippen molar-refractivity contribution in [3.63, 3.8) is 0 Å². The third-order valence-corrected chi connectivity index (χ3v) is 13.0. The number of benzene rings is 4.